The minimum absolute atomic E-state index is 0.0484. The number of benzene rings is 16. The van der Waals surface area contributed by atoms with E-state index in [9.17, 15) is 4.39 Å². The molecule has 116 heavy (non-hydrogen) atoms. The molecular formula is C100H68FI7O4S4+4. The Morgan fingerprint density at radius 1 is 0.207 bits per heavy atom. The second-order valence-electron chi connectivity index (χ2n) is 27.3. The van der Waals surface area contributed by atoms with E-state index in [1.807, 2.05) is 40.8 Å². The van der Waals surface area contributed by atoms with Crippen LogP contribution < -0.4 is 18.9 Å². The average molecular weight is 2370 g/mol. The summed E-state index contributed by atoms with van der Waals surface area (Å²) in [7, 11) is -0.257. The van der Waals surface area contributed by atoms with Gasteiger partial charge in [-0.2, -0.15) is 0 Å². The lowest BCUT2D eigenvalue weighted by atomic mass is 10.2. The maximum absolute atomic E-state index is 14.0. The Hall–Kier alpha value is -7.36. The van der Waals surface area contributed by atoms with Crippen LogP contribution in [0.3, 0.4) is 0 Å². The van der Waals surface area contributed by atoms with E-state index in [-0.39, 0.29) is 47.7 Å². The van der Waals surface area contributed by atoms with Gasteiger partial charge in [0.1, 0.15) is 55.2 Å². The molecule has 568 valence electrons. The molecule has 0 amide bonds. The Morgan fingerprint density at radius 2 is 0.466 bits per heavy atom. The fourth-order valence-corrected chi connectivity index (χ4v) is 28.5. The van der Waals surface area contributed by atoms with Crippen LogP contribution >= 0.6 is 200 Å². The second-order valence-corrected chi connectivity index (χ2v) is 43.4. The highest BCUT2D eigenvalue weighted by Gasteiger charge is 2.28. The average Bonchev–Trinajstić information content (AvgIpc) is 1.62. The zero-order chi connectivity index (χ0) is 79.2. The molecular weight excluding hydrogens is 2300 g/mol. The van der Waals surface area contributed by atoms with Crippen molar-refractivity contribution < 1.29 is 23.3 Å². The zero-order valence-electron chi connectivity index (χ0n) is 61.8. The Labute approximate surface area is 779 Å². The van der Waals surface area contributed by atoms with Crippen molar-refractivity contribution in [2.45, 2.75) is 26.4 Å². The molecule has 0 aliphatic carbocycles. The summed E-state index contributed by atoms with van der Waals surface area (Å²) in [6.45, 7) is 2.11. The molecule has 0 fully saturated rings. The summed E-state index contributed by atoms with van der Waals surface area (Å²) in [5.74, 6) is 3.32. The van der Waals surface area contributed by atoms with Crippen molar-refractivity contribution >= 4 is 281 Å². The van der Waals surface area contributed by atoms with Gasteiger partial charge in [0.25, 0.3) is 0 Å². The van der Waals surface area contributed by atoms with Crippen LogP contribution in [-0.4, -0.2) is 0 Å². The minimum Gasteiger partial charge on any atom is -0.489 e. The molecule has 4 nitrogen and oxygen atoms in total. The predicted molar refractivity (Wildman–Crippen MR) is 553 cm³/mol. The largest absolute Gasteiger partial charge is 0.489 e. The first kappa shape index (κ1) is 81.0. The molecule has 16 heteroatoms. The van der Waals surface area contributed by atoms with E-state index < -0.39 is 0 Å². The first-order chi connectivity index (χ1) is 56.8. The normalized spacial score (nSPS) is 11.2. The van der Waals surface area contributed by atoms with Crippen LogP contribution in [0.5, 0.6) is 23.0 Å². The van der Waals surface area contributed by atoms with Gasteiger partial charge < -0.3 is 18.9 Å². The highest BCUT2D eigenvalue weighted by molar-refractivity contribution is 14.1. The molecule has 0 atom stereocenters. The third kappa shape index (κ3) is 18.2. The summed E-state index contributed by atoms with van der Waals surface area (Å²) in [5.41, 5.74) is 4.42. The first-order valence-corrected chi connectivity index (χ1v) is 49.6. The molecule has 16 aromatic carbocycles. The lowest BCUT2D eigenvalue weighted by Gasteiger charge is -2.08. The van der Waals surface area contributed by atoms with Gasteiger partial charge in [-0.15, -0.1) is 0 Å². The summed E-state index contributed by atoms with van der Waals surface area (Å²) in [6, 6.07) is 129. The lowest BCUT2D eigenvalue weighted by molar-refractivity contribution is 0.305. The van der Waals surface area contributed by atoms with Crippen molar-refractivity contribution in [2.75, 3.05) is 0 Å². The molecule has 0 bridgehead atoms. The second kappa shape index (κ2) is 37.5. The van der Waals surface area contributed by atoms with Crippen LogP contribution in [0, 0.1) is 30.8 Å². The molecule has 0 spiro atoms. The van der Waals surface area contributed by atoms with E-state index in [0.717, 1.165) is 32.1 Å². The number of fused-ring (bicyclic) bond motifs is 12. The Balaban J connectivity index is 0.000000111. The summed E-state index contributed by atoms with van der Waals surface area (Å²) in [5, 5.41) is 10.8. The van der Waals surface area contributed by atoms with E-state index in [0.29, 0.717) is 30.0 Å². The van der Waals surface area contributed by atoms with Gasteiger partial charge in [0.05, 0.1) is 3.57 Å². The first-order valence-electron chi connectivity index (χ1n) is 37.2. The third-order valence-electron chi connectivity index (χ3n) is 19.7. The van der Waals surface area contributed by atoms with Crippen molar-refractivity contribution in [3.8, 4) is 42.6 Å². The number of rotatable bonds is 16. The van der Waals surface area contributed by atoms with Crippen molar-refractivity contribution in [3.63, 3.8) is 0 Å². The molecule has 0 N–H and O–H groups in total. The van der Waals surface area contributed by atoms with E-state index >= 15 is 0 Å². The highest BCUT2D eigenvalue weighted by atomic mass is 127. The van der Waals surface area contributed by atoms with Crippen LogP contribution in [0.15, 0.2) is 364 Å². The van der Waals surface area contributed by atoms with Crippen LogP contribution in [0.2, 0.25) is 0 Å². The SMILES string of the molecule is Fc1cc(COc2ccc(-[s+]3c4ccccc4c4ccccc43)cc2)cc(I)c1I.Ic1cc(I)cc(COc2ccc(-[s+]3c4ccccc4c4ccccc43)cc2)c1.Ic1ccc(COc2ccc(-[s+]3c4ccccc4c4ccccc43)cc2)cc1I.Ic1cccc(COc2ccc(-[s+]3c4ccccc4c4ccccc43)cc2)c1. The predicted octanol–water partition coefficient (Wildman–Crippen LogP) is 33.6. The molecule has 4 heterocycles. The highest BCUT2D eigenvalue weighted by Crippen LogP contribution is 2.53. The minimum atomic E-state index is -0.198. The van der Waals surface area contributed by atoms with Crippen LogP contribution in [-0.2, 0) is 26.4 Å². The third-order valence-corrected chi connectivity index (χ3v) is 36.8. The fourth-order valence-electron chi connectivity index (χ4n) is 14.4. The molecule has 0 aliphatic rings. The summed E-state index contributed by atoms with van der Waals surface area (Å²) in [6.07, 6.45) is 0. The number of thiophene rings is 4. The van der Waals surface area contributed by atoms with Crippen LogP contribution in [0.25, 0.3) is 100 Å². The summed E-state index contributed by atoms with van der Waals surface area (Å²) >= 11 is 15.9. The Kier molecular flexibility index (Phi) is 26.2. The number of hydrogen-bond acceptors (Lipinski definition) is 4. The van der Waals surface area contributed by atoms with Gasteiger partial charge in [0.2, 0.25) is 0 Å². The van der Waals surface area contributed by atoms with Gasteiger partial charge in [-0.05, 0) is 381 Å². The van der Waals surface area contributed by atoms with Gasteiger partial charge in [0, 0.05) is 155 Å². The molecule has 20 rings (SSSR count). The molecule has 0 radical (unpaired) electrons. The Morgan fingerprint density at radius 3 is 0.750 bits per heavy atom. The van der Waals surface area contributed by atoms with E-state index in [1.165, 1.54) is 135 Å². The molecule has 0 saturated heterocycles. The van der Waals surface area contributed by atoms with Crippen molar-refractivity contribution in [2.24, 2.45) is 0 Å². The van der Waals surface area contributed by atoms with Gasteiger partial charge in [-0.1, -0.05) is 115 Å². The zero-order valence-corrected chi connectivity index (χ0v) is 80.1. The van der Waals surface area contributed by atoms with E-state index in [4.69, 9.17) is 18.9 Å². The van der Waals surface area contributed by atoms with Crippen molar-refractivity contribution in [3.05, 3.63) is 417 Å². The standard InChI is InChI=1S/C25H16FI2OS.2C25H17I2OS.C25H18IOS/c26-21-13-16(14-22(27)25(21)28)15-29-17-9-11-18(12-10-17)30-23-7-3-1-5-19(23)20-6-2-4-8-24(20)30;26-22-14-9-17(15-23(22)27)16-28-18-10-12-19(13-11-18)29-24-7-3-1-5-20(24)21-6-2-4-8-25(21)29;26-18-13-17(14-19(27)15-18)16-28-20-9-11-21(12-10-20)29-24-7-3-1-5-22(24)23-6-2-4-8-25(23)29;26-19-7-5-6-18(16-19)17-27-20-12-14-21(15-13-20)28-24-10-3-1-8-22(24)23-9-2-4-11-25(23)28/h1-14H,15H2;2*1-15H,16H2;1-16H,17H2/q4*+1. The summed E-state index contributed by atoms with van der Waals surface area (Å²) < 4.78 is 57.0. The van der Waals surface area contributed by atoms with Crippen molar-refractivity contribution in [1.82, 2.24) is 0 Å². The topological polar surface area (TPSA) is 36.9 Å². The quantitative estimate of drug-likeness (QED) is 0.0549. The van der Waals surface area contributed by atoms with E-state index in [1.54, 1.807) is 6.07 Å². The molecule has 0 aliphatic heterocycles. The van der Waals surface area contributed by atoms with Gasteiger partial charge >= 0.3 is 0 Å². The van der Waals surface area contributed by atoms with Crippen LogP contribution in [0.1, 0.15) is 22.3 Å². The molecule has 20 aromatic rings. The van der Waals surface area contributed by atoms with Gasteiger partial charge in [0.15, 0.2) is 57.2 Å². The molecule has 0 unspecified atom stereocenters. The van der Waals surface area contributed by atoms with Gasteiger partial charge in [-0.25, -0.2) is 4.39 Å². The van der Waals surface area contributed by atoms with Gasteiger partial charge in [-0.3, -0.25) is 0 Å². The molecule has 0 saturated carbocycles. The van der Waals surface area contributed by atoms with Crippen LogP contribution in [0.4, 0.5) is 4.39 Å². The van der Waals surface area contributed by atoms with E-state index in [2.05, 4.69) is 475 Å². The maximum Gasteiger partial charge on any atom is 0.187 e. The van der Waals surface area contributed by atoms with Crippen molar-refractivity contribution in [1.29, 1.82) is 0 Å². The fraction of sp³-hybridized carbons (Fsp3) is 0.0400. The number of halogens is 8. The molecule has 4 aromatic heterocycles. The summed E-state index contributed by atoms with van der Waals surface area (Å²) in [4.78, 5) is 5.27. The number of hydrogen-bond donors (Lipinski definition) is 0. The monoisotopic (exact) mass is 2370 g/mol. The lowest BCUT2D eigenvalue weighted by Crippen LogP contribution is -1.98. The number of ether oxygens (including phenoxy) is 4. The smallest absolute Gasteiger partial charge is 0.187 e. The Bertz CT molecular complexity index is 6710. The maximum atomic E-state index is 14.0.